The lowest BCUT2D eigenvalue weighted by Gasteiger charge is -2.11. The fourth-order valence-corrected chi connectivity index (χ4v) is 3.06. The predicted octanol–water partition coefficient (Wildman–Crippen LogP) is 5.79. The van der Waals surface area contributed by atoms with Gasteiger partial charge in [0.25, 0.3) is 0 Å². The van der Waals surface area contributed by atoms with Crippen LogP contribution in [0.4, 0.5) is 18.9 Å². The first-order valence-electron chi connectivity index (χ1n) is 7.43. The molecule has 0 aliphatic rings. The summed E-state index contributed by atoms with van der Waals surface area (Å²) in [5.74, 6) is 0.357. The second-order valence-corrected chi connectivity index (χ2v) is 6.51. The van der Waals surface area contributed by atoms with E-state index in [-0.39, 0.29) is 5.69 Å². The Morgan fingerprint density at radius 2 is 1.89 bits per heavy atom. The van der Waals surface area contributed by atoms with Crippen molar-refractivity contribution in [3.05, 3.63) is 57.0 Å². The van der Waals surface area contributed by atoms with Crippen molar-refractivity contribution in [1.29, 1.82) is 0 Å². The highest BCUT2D eigenvalue weighted by Crippen LogP contribution is 2.37. The maximum Gasteiger partial charge on any atom is 0.417 e. The Kier molecular flexibility index (Phi) is 6.78. The van der Waals surface area contributed by atoms with E-state index >= 15 is 0 Å². The van der Waals surface area contributed by atoms with Crippen molar-refractivity contribution < 1.29 is 27.4 Å². The van der Waals surface area contributed by atoms with Gasteiger partial charge in [0.2, 0.25) is 5.91 Å². The quantitative estimate of drug-likeness (QED) is 0.570. The second kappa shape index (κ2) is 8.67. The van der Waals surface area contributed by atoms with E-state index in [4.69, 9.17) is 21.1 Å². The Labute approximate surface area is 167 Å². The molecule has 0 bridgehead atoms. The van der Waals surface area contributed by atoms with E-state index in [1.807, 2.05) is 0 Å². The molecule has 0 spiro atoms. The van der Waals surface area contributed by atoms with Crippen LogP contribution in [0.15, 0.2) is 40.9 Å². The van der Waals surface area contributed by atoms with E-state index in [1.165, 1.54) is 32.4 Å². The van der Waals surface area contributed by atoms with Gasteiger partial charge in [-0.15, -0.1) is 0 Å². The smallest absolute Gasteiger partial charge is 0.417 e. The molecule has 9 heteroatoms. The van der Waals surface area contributed by atoms with Crippen LogP contribution in [0, 0.1) is 0 Å². The van der Waals surface area contributed by atoms with Gasteiger partial charge >= 0.3 is 6.18 Å². The van der Waals surface area contributed by atoms with Gasteiger partial charge in [-0.1, -0.05) is 11.6 Å². The van der Waals surface area contributed by atoms with E-state index in [9.17, 15) is 18.0 Å². The summed E-state index contributed by atoms with van der Waals surface area (Å²) in [6.07, 6.45) is -1.93. The molecular weight excluding hydrogens is 451 g/mol. The zero-order valence-corrected chi connectivity index (χ0v) is 16.5. The number of rotatable bonds is 5. The van der Waals surface area contributed by atoms with Crippen molar-refractivity contribution in [3.8, 4) is 11.5 Å². The third-order valence-corrected chi connectivity index (χ3v) is 4.34. The molecule has 144 valence electrons. The van der Waals surface area contributed by atoms with Gasteiger partial charge in [0.05, 0.1) is 29.3 Å². The maximum absolute atomic E-state index is 12.9. The number of benzene rings is 2. The SMILES string of the molecule is COc1cc(/C=C/C(=O)Nc2ccc(Cl)c(C(F)(F)F)c2)cc(Br)c1OC. The van der Waals surface area contributed by atoms with E-state index in [0.717, 1.165) is 12.1 Å². The van der Waals surface area contributed by atoms with Gasteiger partial charge in [0.1, 0.15) is 0 Å². The van der Waals surface area contributed by atoms with Crippen LogP contribution < -0.4 is 14.8 Å². The Hall–Kier alpha value is -2.19. The highest BCUT2D eigenvalue weighted by Gasteiger charge is 2.33. The van der Waals surface area contributed by atoms with Gasteiger partial charge in [-0.25, -0.2) is 0 Å². The molecule has 2 aromatic carbocycles. The first kappa shape index (κ1) is 21.1. The molecule has 0 aliphatic carbocycles. The summed E-state index contributed by atoms with van der Waals surface area (Å²) in [6.45, 7) is 0. The molecule has 0 fully saturated rings. The Morgan fingerprint density at radius 3 is 2.48 bits per heavy atom. The maximum atomic E-state index is 12.9. The topological polar surface area (TPSA) is 47.6 Å². The van der Waals surface area contributed by atoms with Crippen molar-refractivity contribution >= 4 is 45.2 Å². The molecule has 0 saturated heterocycles. The van der Waals surface area contributed by atoms with Crippen LogP contribution >= 0.6 is 27.5 Å². The number of methoxy groups -OCH3 is 2. The van der Waals surface area contributed by atoms with Gasteiger partial charge in [-0.3, -0.25) is 4.79 Å². The number of carbonyl (C=O) groups is 1. The average molecular weight is 465 g/mol. The van der Waals surface area contributed by atoms with Crippen molar-refractivity contribution in [2.24, 2.45) is 0 Å². The van der Waals surface area contributed by atoms with Crippen molar-refractivity contribution in [1.82, 2.24) is 0 Å². The minimum atomic E-state index is -4.61. The largest absolute Gasteiger partial charge is 0.493 e. The summed E-state index contributed by atoms with van der Waals surface area (Å²) >= 11 is 8.89. The van der Waals surface area contributed by atoms with Crippen LogP contribution in [0.3, 0.4) is 0 Å². The molecule has 1 amide bonds. The van der Waals surface area contributed by atoms with Crippen LogP contribution in [-0.4, -0.2) is 20.1 Å². The molecule has 2 rings (SSSR count). The highest BCUT2D eigenvalue weighted by molar-refractivity contribution is 9.10. The van der Waals surface area contributed by atoms with Crippen LogP contribution in [0.5, 0.6) is 11.5 Å². The number of nitrogens with one attached hydrogen (secondary N) is 1. The monoisotopic (exact) mass is 463 g/mol. The molecule has 0 atom stereocenters. The van der Waals surface area contributed by atoms with Crippen molar-refractivity contribution in [2.75, 3.05) is 19.5 Å². The first-order valence-corrected chi connectivity index (χ1v) is 8.60. The zero-order chi connectivity index (χ0) is 20.2. The van der Waals surface area contributed by atoms with Crippen LogP contribution in [0.1, 0.15) is 11.1 Å². The van der Waals surface area contributed by atoms with Gasteiger partial charge in [0.15, 0.2) is 11.5 Å². The van der Waals surface area contributed by atoms with Crippen LogP contribution in [0.2, 0.25) is 5.02 Å². The van der Waals surface area contributed by atoms with E-state index < -0.39 is 22.7 Å². The van der Waals surface area contributed by atoms with Crippen LogP contribution in [-0.2, 0) is 11.0 Å². The fraction of sp³-hybridized carbons (Fsp3) is 0.167. The third kappa shape index (κ3) is 5.40. The number of ether oxygens (including phenoxy) is 2. The number of carbonyl (C=O) groups excluding carboxylic acids is 1. The molecule has 4 nitrogen and oxygen atoms in total. The van der Waals surface area contributed by atoms with Gasteiger partial charge < -0.3 is 14.8 Å². The average Bonchev–Trinajstić information content (AvgIpc) is 2.60. The first-order chi connectivity index (χ1) is 12.7. The Morgan fingerprint density at radius 1 is 1.19 bits per heavy atom. The summed E-state index contributed by atoms with van der Waals surface area (Å²) < 4.78 is 49.6. The van der Waals surface area contributed by atoms with Crippen molar-refractivity contribution in [3.63, 3.8) is 0 Å². The molecule has 1 N–H and O–H groups in total. The summed E-state index contributed by atoms with van der Waals surface area (Å²) in [7, 11) is 2.97. The number of anilines is 1. The molecule has 27 heavy (non-hydrogen) atoms. The highest BCUT2D eigenvalue weighted by atomic mass is 79.9. The predicted molar refractivity (Wildman–Crippen MR) is 101 cm³/mol. The minimum absolute atomic E-state index is 0.0186. The normalized spacial score (nSPS) is 11.5. The third-order valence-electron chi connectivity index (χ3n) is 3.42. The Balaban J connectivity index is 2.18. The summed E-state index contributed by atoms with van der Waals surface area (Å²) in [4.78, 5) is 12.0. The lowest BCUT2D eigenvalue weighted by molar-refractivity contribution is -0.137. The molecule has 0 aliphatic heterocycles. The molecular formula is C18H14BrClF3NO3. The van der Waals surface area contributed by atoms with Crippen LogP contribution in [0.25, 0.3) is 6.08 Å². The zero-order valence-electron chi connectivity index (χ0n) is 14.2. The summed E-state index contributed by atoms with van der Waals surface area (Å²) in [5, 5.41) is 1.93. The number of alkyl halides is 3. The lowest BCUT2D eigenvalue weighted by atomic mass is 10.1. The van der Waals surface area contributed by atoms with E-state index in [1.54, 1.807) is 12.1 Å². The van der Waals surface area contributed by atoms with E-state index in [2.05, 4.69) is 21.2 Å². The van der Waals surface area contributed by atoms with Gasteiger partial charge in [-0.2, -0.15) is 13.2 Å². The summed E-state index contributed by atoms with van der Waals surface area (Å²) in [6, 6.07) is 6.50. The van der Waals surface area contributed by atoms with Gasteiger partial charge in [-0.05, 0) is 57.9 Å². The second-order valence-electron chi connectivity index (χ2n) is 5.25. The van der Waals surface area contributed by atoms with Crippen molar-refractivity contribution in [2.45, 2.75) is 6.18 Å². The Bertz CT molecular complexity index is 885. The molecule has 0 aromatic heterocycles. The molecule has 0 saturated carbocycles. The van der Waals surface area contributed by atoms with E-state index in [0.29, 0.717) is 21.5 Å². The van der Waals surface area contributed by atoms with Gasteiger partial charge in [0, 0.05) is 11.8 Å². The molecule has 0 unspecified atom stereocenters. The number of halogens is 5. The molecule has 2 aromatic rings. The summed E-state index contributed by atoms with van der Waals surface area (Å²) in [5.41, 5.74) is -0.411. The standard InChI is InChI=1S/C18H14BrClF3NO3/c1-26-15-8-10(7-13(19)17(15)27-2)3-6-16(25)24-11-4-5-14(20)12(9-11)18(21,22)23/h3-9H,1-2H3,(H,24,25)/b6-3+. The fourth-order valence-electron chi connectivity index (χ4n) is 2.21. The minimum Gasteiger partial charge on any atom is -0.493 e. The lowest BCUT2D eigenvalue weighted by Crippen LogP contribution is -2.11. The molecule has 0 heterocycles. The number of amides is 1. The number of hydrogen-bond donors (Lipinski definition) is 1. The molecule has 0 radical (unpaired) electrons. The number of hydrogen-bond acceptors (Lipinski definition) is 3.